The summed E-state index contributed by atoms with van der Waals surface area (Å²) < 4.78 is 10.3. The van der Waals surface area contributed by atoms with E-state index in [1.165, 1.54) is 19.4 Å². The van der Waals surface area contributed by atoms with Gasteiger partial charge in [-0.25, -0.2) is 10.2 Å². The van der Waals surface area contributed by atoms with Crippen molar-refractivity contribution in [1.29, 1.82) is 0 Å². The number of methoxy groups -OCH3 is 1. The van der Waals surface area contributed by atoms with Gasteiger partial charge in [0.15, 0.2) is 18.1 Å². The van der Waals surface area contributed by atoms with Crippen LogP contribution in [0.3, 0.4) is 0 Å². The SMILES string of the molecule is COc1cc(C=NNC(=O)c2cccc(Cl)c2)ccc1OCC(=O)O. The van der Waals surface area contributed by atoms with Crippen LogP contribution in [-0.4, -0.2) is 36.9 Å². The van der Waals surface area contributed by atoms with E-state index in [9.17, 15) is 9.59 Å². The van der Waals surface area contributed by atoms with Gasteiger partial charge in [-0.3, -0.25) is 4.79 Å². The number of rotatable bonds is 7. The first-order valence-corrected chi connectivity index (χ1v) is 7.49. The van der Waals surface area contributed by atoms with E-state index < -0.39 is 18.5 Å². The minimum atomic E-state index is -1.09. The summed E-state index contributed by atoms with van der Waals surface area (Å²) in [6, 6.07) is 11.3. The zero-order chi connectivity index (χ0) is 18.2. The molecule has 0 unspecified atom stereocenters. The Kier molecular flexibility index (Phi) is 6.36. The molecule has 0 saturated heterocycles. The Hall–Kier alpha value is -3.06. The molecule has 0 spiro atoms. The Morgan fingerprint density at radius 1 is 1.24 bits per heavy atom. The number of aliphatic carboxylic acids is 1. The van der Waals surface area contributed by atoms with Gasteiger partial charge in [-0.05, 0) is 42.0 Å². The molecule has 1 amide bonds. The predicted octanol–water partition coefficient (Wildman–Crippen LogP) is 2.58. The highest BCUT2D eigenvalue weighted by molar-refractivity contribution is 6.30. The molecule has 2 aromatic carbocycles. The molecule has 0 bridgehead atoms. The van der Waals surface area contributed by atoms with Gasteiger partial charge in [-0.1, -0.05) is 17.7 Å². The van der Waals surface area contributed by atoms with Gasteiger partial charge < -0.3 is 14.6 Å². The number of benzene rings is 2. The maximum absolute atomic E-state index is 11.9. The molecular formula is C17H15ClN2O5. The van der Waals surface area contributed by atoms with Crippen molar-refractivity contribution in [3.8, 4) is 11.5 Å². The molecule has 25 heavy (non-hydrogen) atoms. The van der Waals surface area contributed by atoms with Crippen molar-refractivity contribution < 1.29 is 24.2 Å². The Bertz CT molecular complexity index is 807. The van der Waals surface area contributed by atoms with Crippen LogP contribution in [0.4, 0.5) is 0 Å². The van der Waals surface area contributed by atoms with E-state index in [2.05, 4.69) is 10.5 Å². The molecule has 7 nitrogen and oxygen atoms in total. The molecule has 130 valence electrons. The van der Waals surface area contributed by atoms with Crippen molar-refractivity contribution in [1.82, 2.24) is 5.43 Å². The van der Waals surface area contributed by atoms with E-state index in [1.54, 1.807) is 36.4 Å². The topological polar surface area (TPSA) is 97.2 Å². The van der Waals surface area contributed by atoms with Crippen LogP contribution in [0.15, 0.2) is 47.6 Å². The summed E-state index contributed by atoms with van der Waals surface area (Å²) >= 11 is 5.83. The average molecular weight is 363 g/mol. The number of nitrogens with zero attached hydrogens (tertiary/aromatic N) is 1. The van der Waals surface area contributed by atoms with Crippen molar-refractivity contribution in [3.63, 3.8) is 0 Å². The second-order valence-corrected chi connectivity index (χ2v) is 5.24. The zero-order valence-electron chi connectivity index (χ0n) is 13.2. The van der Waals surface area contributed by atoms with Gasteiger partial charge in [-0.15, -0.1) is 0 Å². The van der Waals surface area contributed by atoms with Crippen LogP contribution in [0.5, 0.6) is 11.5 Å². The first kappa shape index (κ1) is 18.3. The Labute approximate surface area is 148 Å². The number of carboxylic acids is 1. The lowest BCUT2D eigenvalue weighted by molar-refractivity contribution is -0.139. The van der Waals surface area contributed by atoms with Gasteiger partial charge in [0.2, 0.25) is 0 Å². The fraction of sp³-hybridized carbons (Fsp3) is 0.118. The van der Waals surface area contributed by atoms with E-state index in [4.69, 9.17) is 26.2 Å². The van der Waals surface area contributed by atoms with E-state index >= 15 is 0 Å². The van der Waals surface area contributed by atoms with Crippen LogP contribution >= 0.6 is 11.6 Å². The summed E-state index contributed by atoms with van der Waals surface area (Å²) in [4.78, 5) is 22.5. The lowest BCUT2D eigenvalue weighted by Gasteiger charge is -2.09. The quantitative estimate of drug-likeness (QED) is 0.582. The van der Waals surface area contributed by atoms with Gasteiger partial charge >= 0.3 is 5.97 Å². The van der Waals surface area contributed by atoms with Crippen LogP contribution in [0.1, 0.15) is 15.9 Å². The average Bonchev–Trinajstić information content (AvgIpc) is 2.60. The predicted molar refractivity (Wildman–Crippen MR) is 92.6 cm³/mol. The number of hydrazone groups is 1. The molecule has 2 aromatic rings. The van der Waals surface area contributed by atoms with E-state index in [1.807, 2.05) is 0 Å². The summed E-state index contributed by atoms with van der Waals surface area (Å²) in [5.41, 5.74) is 3.41. The molecule has 0 aliphatic heterocycles. The summed E-state index contributed by atoms with van der Waals surface area (Å²) in [5.74, 6) is -0.833. The van der Waals surface area contributed by atoms with Crippen molar-refractivity contribution >= 4 is 29.7 Å². The lowest BCUT2D eigenvalue weighted by Crippen LogP contribution is -2.17. The van der Waals surface area contributed by atoms with Gasteiger partial charge in [0.25, 0.3) is 5.91 Å². The smallest absolute Gasteiger partial charge is 0.341 e. The van der Waals surface area contributed by atoms with E-state index in [-0.39, 0.29) is 0 Å². The third-order valence-electron chi connectivity index (χ3n) is 3.01. The molecule has 0 saturated carbocycles. The monoisotopic (exact) mass is 362 g/mol. The van der Waals surface area contributed by atoms with Gasteiger partial charge in [0, 0.05) is 10.6 Å². The molecule has 0 aliphatic rings. The fourth-order valence-electron chi connectivity index (χ4n) is 1.88. The number of hydrogen-bond acceptors (Lipinski definition) is 5. The first-order valence-electron chi connectivity index (χ1n) is 7.11. The second-order valence-electron chi connectivity index (χ2n) is 4.80. The third-order valence-corrected chi connectivity index (χ3v) is 3.24. The maximum Gasteiger partial charge on any atom is 0.341 e. The van der Waals surface area contributed by atoms with Crippen molar-refractivity contribution in [3.05, 3.63) is 58.6 Å². The molecule has 0 aromatic heterocycles. The normalized spacial score (nSPS) is 10.5. The van der Waals surface area contributed by atoms with Crippen LogP contribution in [0.25, 0.3) is 0 Å². The van der Waals surface area contributed by atoms with E-state index in [0.717, 1.165) is 0 Å². The molecule has 0 heterocycles. The molecule has 2 N–H and O–H groups in total. The van der Waals surface area contributed by atoms with Crippen LogP contribution in [0, 0.1) is 0 Å². The Morgan fingerprint density at radius 2 is 2.04 bits per heavy atom. The maximum atomic E-state index is 11.9. The molecule has 2 rings (SSSR count). The summed E-state index contributed by atoms with van der Waals surface area (Å²) in [6.45, 7) is -0.473. The largest absolute Gasteiger partial charge is 0.493 e. The van der Waals surface area contributed by atoms with Crippen molar-refractivity contribution in [2.75, 3.05) is 13.7 Å². The molecule has 0 fully saturated rings. The number of ether oxygens (including phenoxy) is 2. The number of carbonyl (C=O) groups excluding carboxylic acids is 1. The zero-order valence-corrected chi connectivity index (χ0v) is 14.0. The highest BCUT2D eigenvalue weighted by atomic mass is 35.5. The molecule has 0 aliphatic carbocycles. The van der Waals surface area contributed by atoms with Crippen LogP contribution in [0.2, 0.25) is 5.02 Å². The molecule has 0 radical (unpaired) electrons. The van der Waals surface area contributed by atoms with Gasteiger partial charge in [0.1, 0.15) is 0 Å². The third kappa shape index (κ3) is 5.50. The number of halogens is 1. The van der Waals surface area contributed by atoms with Crippen molar-refractivity contribution in [2.45, 2.75) is 0 Å². The highest BCUT2D eigenvalue weighted by Gasteiger charge is 2.08. The van der Waals surface area contributed by atoms with Crippen LogP contribution in [-0.2, 0) is 4.79 Å². The summed E-state index contributed by atoms with van der Waals surface area (Å²) in [7, 11) is 1.44. The first-order chi connectivity index (χ1) is 12.0. The second kappa shape index (κ2) is 8.70. The fourth-order valence-corrected chi connectivity index (χ4v) is 2.07. The number of nitrogens with one attached hydrogen (secondary N) is 1. The molecule has 8 heteroatoms. The standard InChI is InChI=1S/C17H15ClN2O5/c1-24-15-7-11(5-6-14(15)25-10-16(21)22)9-19-20-17(23)12-3-2-4-13(18)8-12/h2-9H,10H2,1H3,(H,20,23)(H,21,22). The van der Waals surface area contributed by atoms with Crippen molar-refractivity contribution in [2.24, 2.45) is 5.10 Å². The number of carbonyl (C=O) groups is 2. The Balaban J connectivity index is 2.03. The summed E-state index contributed by atoms with van der Waals surface area (Å²) in [5, 5.41) is 13.0. The van der Waals surface area contributed by atoms with Crippen LogP contribution < -0.4 is 14.9 Å². The molecule has 0 atom stereocenters. The summed E-state index contributed by atoms with van der Waals surface area (Å²) in [6.07, 6.45) is 1.42. The highest BCUT2D eigenvalue weighted by Crippen LogP contribution is 2.27. The number of hydrogen-bond donors (Lipinski definition) is 2. The minimum Gasteiger partial charge on any atom is -0.493 e. The number of amides is 1. The van der Waals surface area contributed by atoms with Gasteiger partial charge in [-0.2, -0.15) is 5.10 Å². The van der Waals surface area contributed by atoms with Gasteiger partial charge in [0.05, 0.1) is 13.3 Å². The lowest BCUT2D eigenvalue weighted by atomic mass is 10.2. The minimum absolute atomic E-state index is 0.296. The Morgan fingerprint density at radius 3 is 2.72 bits per heavy atom. The molecular weight excluding hydrogens is 348 g/mol. The van der Waals surface area contributed by atoms with E-state index in [0.29, 0.717) is 27.6 Å². The number of carboxylic acid groups (broad SMARTS) is 1.